The van der Waals surface area contributed by atoms with Crippen LogP contribution >= 0.6 is 0 Å². The molecule has 0 spiro atoms. The van der Waals surface area contributed by atoms with Crippen LogP contribution in [0.25, 0.3) is 0 Å². The molecule has 0 aliphatic carbocycles. The molecule has 0 aliphatic rings. The third kappa shape index (κ3) is 3.59. The highest BCUT2D eigenvalue weighted by molar-refractivity contribution is 5.53. The van der Waals surface area contributed by atoms with Crippen LogP contribution in [0.4, 0.5) is 23.2 Å². The molecule has 2 nitrogen and oxygen atoms in total. The number of hydrogen-bond donors (Lipinski definition) is 1. The van der Waals surface area contributed by atoms with E-state index in [0.717, 1.165) is 12.1 Å². The zero-order valence-electron chi connectivity index (χ0n) is 9.42. The van der Waals surface area contributed by atoms with E-state index in [1.165, 1.54) is 11.0 Å². The van der Waals surface area contributed by atoms with E-state index in [0.29, 0.717) is 5.69 Å². The van der Waals surface area contributed by atoms with Gasteiger partial charge in [0, 0.05) is 26.2 Å². The van der Waals surface area contributed by atoms with Gasteiger partial charge < -0.3 is 10.0 Å². The van der Waals surface area contributed by atoms with Gasteiger partial charge in [-0.2, -0.15) is 13.2 Å². The first-order valence-corrected chi connectivity index (χ1v) is 4.92. The Kier molecular flexibility index (Phi) is 3.98. The lowest BCUT2D eigenvalue weighted by Crippen LogP contribution is -2.31. The fourth-order valence-corrected chi connectivity index (χ4v) is 1.45. The van der Waals surface area contributed by atoms with E-state index in [9.17, 15) is 17.6 Å². The molecule has 0 fully saturated rings. The summed E-state index contributed by atoms with van der Waals surface area (Å²) in [6.07, 6.45) is -7.69. The average Bonchev–Trinajstić information content (AvgIpc) is 2.18. The van der Waals surface area contributed by atoms with Gasteiger partial charge in [-0.25, -0.2) is 4.39 Å². The Morgan fingerprint density at radius 1 is 1.29 bits per heavy atom. The summed E-state index contributed by atoms with van der Waals surface area (Å²) in [7, 11) is 3.19. The van der Waals surface area contributed by atoms with Gasteiger partial charge in [0.1, 0.15) is 5.82 Å². The SMILES string of the molecule is CN(C)c1cc(F)ccc1CC(O)C(F)(F)F. The number of aliphatic hydroxyl groups excluding tert-OH is 1. The third-order valence-electron chi connectivity index (χ3n) is 2.32. The number of anilines is 1. The topological polar surface area (TPSA) is 23.5 Å². The van der Waals surface area contributed by atoms with Crippen LogP contribution in [0.5, 0.6) is 0 Å². The van der Waals surface area contributed by atoms with E-state index in [1.54, 1.807) is 14.1 Å². The Bertz CT molecular complexity index is 390. The monoisotopic (exact) mass is 251 g/mol. The van der Waals surface area contributed by atoms with Crippen LogP contribution in [-0.4, -0.2) is 31.5 Å². The zero-order valence-corrected chi connectivity index (χ0v) is 9.42. The zero-order chi connectivity index (χ0) is 13.2. The second-order valence-corrected chi connectivity index (χ2v) is 3.93. The summed E-state index contributed by atoms with van der Waals surface area (Å²) in [6.45, 7) is 0. The summed E-state index contributed by atoms with van der Waals surface area (Å²) in [6, 6.07) is 3.46. The largest absolute Gasteiger partial charge is 0.414 e. The van der Waals surface area contributed by atoms with Crippen molar-refractivity contribution in [3.8, 4) is 0 Å². The van der Waals surface area contributed by atoms with E-state index < -0.39 is 24.5 Å². The Morgan fingerprint density at radius 3 is 2.35 bits per heavy atom. The summed E-state index contributed by atoms with van der Waals surface area (Å²) in [5, 5.41) is 8.98. The molecule has 0 aromatic heterocycles. The minimum atomic E-state index is -4.67. The predicted molar refractivity (Wildman–Crippen MR) is 56.5 cm³/mol. The first-order chi connectivity index (χ1) is 7.71. The van der Waals surface area contributed by atoms with Gasteiger partial charge in [-0.1, -0.05) is 6.07 Å². The van der Waals surface area contributed by atoms with Crippen molar-refractivity contribution in [2.75, 3.05) is 19.0 Å². The number of aliphatic hydroxyl groups is 1. The number of hydrogen-bond acceptors (Lipinski definition) is 2. The fraction of sp³-hybridized carbons (Fsp3) is 0.455. The highest BCUT2D eigenvalue weighted by atomic mass is 19.4. The summed E-state index contributed by atoms with van der Waals surface area (Å²) in [5.74, 6) is -0.529. The molecule has 0 bridgehead atoms. The Morgan fingerprint density at radius 2 is 1.88 bits per heavy atom. The molecule has 0 saturated carbocycles. The Labute approximate surface area is 96.5 Å². The van der Waals surface area contributed by atoms with Crippen LogP contribution < -0.4 is 4.90 Å². The molecule has 0 aliphatic heterocycles. The lowest BCUT2D eigenvalue weighted by Gasteiger charge is -2.20. The minimum Gasteiger partial charge on any atom is -0.383 e. The Balaban J connectivity index is 2.98. The maximum Gasteiger partial charge on any atom is 0.414 e. The third-order valence-corrected chi connectivity index (χ3v) is 2.32. The molecule has 1 aromatic carbocycles. The summed E-state index contributed by atoms with van der Waals surface area (Å²) < 4.78 is 49.6. The molecular formula is C11H13F4NO. The number of alkyl halides is 3. The quantitative estimate of drug-likeness (QED) is 0.834. The van der Waals surface area contributed by atoms with Gasteiger partial charge in [-0.15, -0.1) is 0 Å². The molecule has 1 rings (SSSR count). The van der Waals surface area contributed by atoms with E-state index in [4.69, 9.17) is 5.11 Å². The van der Waals surface area contributed by atoms with Crippen molar-refractivity contribution in [1.82, 2.24) is 0 Å². The lowest BCUT2D eigenvalue weighted by molar-refractivity contribution is -0.203. The van der Waals surface area contributed by atoms with Gasteiger partial charge >= 0.3 is 6.18 Å². The lowest BCUT2D eigenvalue weighted by atomic mass is 10.0. The normalized spacial score (nSPS) is 13.6. The first-order valence-electron chi connectivity index (χ1n) is 4.92. The first kappa shape index (κ1) is 13.8. The molecular weight excluding hydrogens is 238 g/mol. The van der Waals surface area contributed by atoms with Crippen molar-refractivity contribution in [2.45, 2.75) is 18.7 Å². The van der Waals surface area contributed by atoms with Crippen LogP contribution in [0.15, 0.2) is 18.2 Å². The van der Waals surface area contributed by atoms with Crippen LogP contribution in [-0.2, 0) is 6.42 Å². The molecule has 1 unspecified atom stereocenters. The number of halogens is 4. The average molecular weight is 251 g/mol. The molecule has 17 heavy (non-hydrogen) atoms. The van der Waals surface area contributed by atoms with E-state index in [2.05, 4.69) is 0 Å². The number of rotatable bonds is 3. The Hall–Kier alpha value is -1.30. The van der Waals surface area contributed by atoms with Gasteiger partial charge in [0.25, 0.3) is 0 Å². The van der Waals surface area contributed by atoms with Gasteiger partial charge in [0.2, 0.25) is 0 Å². The maximum atomic E-state index is 13.0. The van der Waals surface area contributed by atoms with Crippen LogP contribution in [0, 0.1) is 5.82 Å². The van der Waals surface area contributed by atoms with Crippen molar-refractivity contribution in [1.29, 1.82) is 0 Å². The second kappa shape index (κ2) is 4.91. The molecule has 1 atom stereocenters. The highest BCUT2D eigenvalue weighted by Gasteiger charge is 2.38. The van der Waals surface area contributed by atoms with Crippen LogP contribution in [0.2, 0.25) is 0 Å². The number of benzene rings is 1. The molecule has 6 heteroatoms. The van der Waals surface area contributed by atoms with E-state index in [1.807, 2.05) is 0 Å². The van der Waals surface area contributed by atoms with Crippen molar-refractivity contribution < 1.29 is 22.7 Å². The standard InChI is InChI=1S/C11H13F4NO/c1-16(2)9-6-8(12)4-3-7(9)5-10(17)11(13,14)15/h3-4,6,10,17H,5H2,1-2H3. The van der Waals surface area contributed by atoms with Gasteiger partial charge in [0.15, 0.2) is 6.10 Å². The molecule has 0 heterocycles. The van der Waals surface area contributed by atoms with E-state index >= 15 is 0 Å². The molecule has 1 aromatic rings. The fourth-order valence-electron chi connectivity index (χ4n) is 1.45. The van der Waals surface area contributed by atoms with Gasteiger partial charge in [-0.3, -0.25) is 0 Å². The van der Waals surface area contributed by atoms with E-state index in [-0.39, 0.29) is 5.56 Å². The smallest absolute Gasteiger partial charge is 0.383 e. The summed E-state index contributed by atoms with van der Waals surface area (Å²) in [4.78, 5) is 1.50. The molecule has 0 amide bonds. The molecule has 0 radical (unpaired) electrons. The van der Waals surface area contributed by atoms with Crippen LogP contribution in [0.1, 0.15) is 5.56 Å². The maximum absolute atomic E-state index is 13.0. The van der Waals surface area contributed by atoms with Crippen molar-refractivity contribution >= 4 is 5.69 Å². The molecule has 1 N–H and O–H groups in total. The minimum absolute atomic E-state index is 0.251. The highest BCUT2D eigenvalue weighted by Crippen LogP contribution is 2.27. The van der Waals surface area contributed by atoms with Gasteiger partial charge in [0.05, 0.1) is 0 Å². The summed E-state index contributed by atoms with van der Waals surface area (Å²) in [5.41, 5.74) is 0.578. The van der Waals surface area contributed by atoms with Crippen molar-refractivity contribution in [3.05, 3.63) is 29.6 Å². The van der Waals surface area contributed by atoms with Crippen molar-refractivity contribution in [2.24, 2.45) is 0 Å². The number of nitrogens with zero attached hydrogens (tertiary/aromatic N) is 1. The predicted octanol–water partition coefficient (Wildman–Crippen LogP) is 2.36. The van der Waals surface area contributed by atoms with Crippen molar-refractivity contribution in [3.63, 3.8) is 0 Å². The molecule has 0 saturated heterocycles. The molecule has 96 valence electrons. The van der Waals surface area contributed by atoms with Crippen LogP contribution in [0.3, 0.4) is 0 Å². The van der Waals surface area contributed by atoms with Gasteiger partial charge in [-0.05, 0) is 17.7 Å². The summed E-state index contributed by atoms with van der Waals surface area (Å²) >= 11 is 0. The second-order valence-electron chi connectivity index (χ2n) is 3.93.